The zero-order valence-corrected chi connectivity index (χ0v) is 15.0. The molecule has 3 N–H and O–H groups in total. The first kappa shape index (κ1) is 19.4. The van der Waals surface area contributed by atoms with Crippen molar-refractivity contribution >= 4 is 27.6 Å². The van der Waals surface area contributed by atoms with E-state index >= 15 is 0 Å². The number of anilines is 1. The minimum absolute atomic E-state index is 0.0443. The number of sulfonamides is 1. The Morgan fingerprint density at radius 3 is 2.23 bits per heavy atom. The maximum Gasteiger partial charge on any atom is 0.338 e. The third-order valence-corrected chi connectivity index (χ3v) is 4.32. The lowest BCUT2D eigenvalue weighted by Gasteiger charge is -2.10. The molecule has 0 radical (unpaired) electrons. The first-order valence-corrected chi connectivity index (χ1v) is 9.10. The number of rotatable bonds is 6. The number of nitrogens with one attached hydrogen (secondary N) is 1. The molecule has 0 aliphatic heterocycles. The van der Waals surface area contributed by atoms with Crippen LogP contribution >= 0.6 is 0 Å². The van der Waals surface area contributed by atoms with E-state index in [-0.39, 0.29) is 22.8 Å². The van der Waals surface area contributed by atoms with Gasteiger partial charge in [-0.25, -0.2) is 18.4 Å². The summed E-state index contributed by atoms with van der Waals surface area (Å²) in [5.74, 6) is -0.956. The quantitative estimate of drug-likeness (QED) is 0.738. The fourth-order valence-corrected chi connectivity index (χ4v) is 2.87. The Kier molecular flexibility index (Phi) is 5.96. The molecule has 0 heterocycles. The number of methoxy groups -OCH3 is 1. The molecule has 138 valence electrons. The fraction of sp³-hybridized carbons (Fsp3) is 0.176. The van der Waals surface area contributed by atoms with Gasteiger partial charge in [-0.15, -0.1) is 0 Å². The summed E-state index contributed by atoms with van der Waals surface area (Å²) in [4.78, 5) is 23.6. The number of hydrogen-bond donors (Lipinski definition) is 2. The Labute approximate surface area is 151 Å². The van der Waals surface area contributed by atoms with Crippen LogP contribution in [0, 0.1) is 0 Å². The summed E-state index contributed by atoms with van der Waals surface area (Å²) in [6.07, 6.45) is 0. The van der Waals surface area contributed by atoms with Crippen molar-refractivity contribution in [1.82, 2.24) is 0 Å². The molecule has 0 bridgehead atoms. The van der Waals surface area contributed by atoms with E-state index in [0.29, 0.717) is 11.3 Å². The number of ether oxygens (including phenoxy) is 2. The van der Waals surface area contributed by atoms with Crippen LogP contribution in [-0.2, 0) is 14.8 Å². The molecule has 0 saturated heterocycles. The lowest BCUT2D eigenvalue weighted by molar-refractivity contribution is 0.0526. The molecule has 0 aliphatic carbocycles. The fourth-order valence-electron chi connectivity index (χ4n) is 2.15. The number of esters is 1. The molecule has 0 unspecified atom stereocenters. The Balaban J connectivity index is 2.21. The van der Waals surface area contributed by atoms with Crippen molar-refractivity contribution in [2.45, 2.75) is 11.8 Å². The highest BCUT2D eigenvalue weighted by Crippen LogP contribution is 2.24. The van der Waals surface area contributed by atoms with Gasteiger partial charge in [0.25, 0.3) is 5.91 Å². The number of carbonyl (C=O) groups excluding carboxylic acids is 2. The first-order valence-electron chi connectivity index (χ1n) is 7.55. The van der Waals surface area contributed by atoms with Gasteiger partial charge < -0.3 is 14.8 Å². The Morgan fingerprint density at radius 1 is 1.08 bits per heavy atom. The van der Waals surface area contributed by atoms with Crippen LogP contribution in [0.1, 0.15) is 27.6 Å². The van der Waals surface area contributed by atoms with Crippen LogP contribution in [0.25, 0.3) is 0 Å². The van der Waals surface area contributed by atoms with Gasteiger partial charge in [0.15, 0.2) is 0 Å². The molecule has 1 amide bonds. The van der Waals surface area contributed by atoms with E-state index in [1.807, 2.05) is 0 Å². The summed E-state index contributed by atoms with van der Waals surface area (Å²) in [6.45, 7) is 1.97. The van der Waals surface area contributed by atoms with E-state index in [1.165, 1.54) is 43.5 Å². The van der Waals surface area contributed by atoms with Gasteiger partial charge >= 0.3 is 5.97 Å². The van der Waals surface area contributed by atoms with E-state index in [4.69, 9.17) is 14.6 Å². The van der Waals surface area contributed by atoms with Gasteiger partial charge in [-0.05, 0) is 49.4 Å². The second-order valence-corrected chi connectivity index (χ2v) is 6.69. The lowest BCUT2D eigenvalue weighted by Crippen LogP contribution is -2.17. The number of hydrogen-bond acceptors (Lipinski definition) is 6. The average molecular weight is 378 g/mol. The van der Waals surface area contributed by atoms with Crippen molar-refractivity contribution < 1.29 is 27.5 Å². The van der Waals surface area contributed by atoms with Gasteiger partial charge in [0.1, 0.15) is 10.6 Å². The van der Waals surface area contributed by atoms with E-state index in [0.717, 1.165) is 6.07 Å². The standard InChI is InChI=1S/C17H18N2O6S/c1-3-25-17(21)11-4-7-13(8-5-11)19-16(20)12-6-9-14(24-2)15(10-12)26(18,22)23/h4-10H,3H2,1-2H3,(H,19,20)(H2,18,22,23). The second-order valence-electron chi connectivity index (χ2n) is 5.16. The van der Waals surface area contributed by atoms with Crippen molar-refractivity contribution in [2.75, 3.05) is 19.0 Å². The predicted molar refractivity (Wildman–Crippen MR) is 94.7 cm³/mol. The van der Waals surface area contributed by atoms with E-state index < -0.39 is 21.9 Å². The smallest absolute Gasteiger partial charge is 0.338 e. The van der Waals surface area contributed by atoms with Crippen molar-refractivity contribution in [1.29, 1.82) is 0 Å². The molecule has 0 saturated carbocycles. The number of benzene rings is 2. The van der Waals surface area contributed by atoms with Crippen LogP contribution < -0.4 is 15.2 Å². The Bertz CT molecular complexity index is 923. The predicted octanol–water partition coefficient (Wildman–Crippen LogP) is 1.77. The summed E-state index contributed by atoms with van der Waals surface area (Å²) in [5, 5.41) is 7.75. The van der Waals surface area contributed by atoms with Crippen molar-refractivity contribution in [3.63, 3.8) is 0 Å². The monoisotopic (exact) mass is 378 g/mol. The van der Waals surface area contributed by atoms with Gasteiger partial charge in [0, 0.05) is 11.3 Å². The van der Waals surface area contributed by atoms with Crippen LogP contribution in [0.5, 0.6) is 5.75 Å². The third kappa shape index (κ3) is 4.58. The molecule has 2 rings (SSSR count). The Morgan fingerprint density at radius 2 is 1.69 bits per heavy atom. The van der Waals surface area contributed by atoms with Gasteiger partial charge in [0.05, 0.1) is 19.3 Å². The zero-order chi connectivity index (χ0) is 19.3. The minimum atomic E-state index is -4.05. The molecule has 2 aromatic rings. The molecule has 2 aromatic carbocycles. The maximum absolute atomic E-state index is 12.3. The normalized spacial score (nSPS) is 10.9. The largest absolute Gasteiger partial charge is 0.495 e. The third-order valence-electron chi connectivity index (χ3n) is 3.39. The topological polar surface area (TPSA) is 125 Å². The first-order chi connectivity index (χ1) is 12.3. The van der Waals surface area contributed by atoms with Crippen molar-refractivity contribution in [2.24, 2.45) is 5.14 Å². The number of nitrogens with two attached hydrogens (primary N) is 1. The summed E-state index contributed by atoms with van der Waals surface area (Å²) < 4.78 is 33.1. The molecule has 0 aliphatic rings. The molecule has 26 heavy (non-hydrogen) atoms. The highest BCUT2D eigenvalue weighted by Gasteiger charge is 2.18. The van der Waals surface area contributed by atoms with E-state index in [2.05, 4.69) is 5.32 Å². The Hall–Kier alpha value is -2.91. The van der Waals surface area contributed by atoms with E-state index in [1.54, 1.807) is 6.92 Å². The molecule has 0 atom stereocenters. The average Bonchev–Trinajstić information content (AvgIpc) is 2.61. The highest BCUT2D eigenvalue weighted by molar-refractivity contribution is 7.89. The second kappa shape index (κ2) is 7.98. The lowest BCUT2D eigenvalue weighted by atomic mass is 10.1. The summed E-state index contributed by atoms with van der Waals surface area (Å²) in [6, 6.07) is 9.99. The SMILES string of the molecule is CCOC(=O)c1ccc(NC(=O)c2ccc(OC)c(S(N)(=O)=O)c2)cc1. The van der Waals surface area contributed by atoms with Crippen LogP contribution in [0.4, 0.5) is 5.69 Å². The van der Waals surface area contributed by atoms with Crippen LogP contribution in [-0.4, -0.2) is 34.0 Å². The summed E-state index contributed by atoms with van der Waals surface area (Å²) >= 11 is 0. The molecule has 0 aromatic heterocycles. The summed E-state index contributed by atoms with van der Waals surface area (Å²) in [7, 11) is -2.75. The zero-order valence-electron chi connectivity index (χ0n) is 14.2. The number of primary sulfonamides is 1. The summed E-state index contributed by atoms with van der Waals surface area (Å²) in [5.41, 5.74) is 0.867. The number of amides is 1. The molecule has 8 nitrogen and oxygen atoms in total. The number of carbonyl (C=O) groups is 2. The molecule has 0 fully saturated rings. The minimum Gasteiger partial charge on any atom is -0.495 e. The van der Waals surface area contributed by atoms with E-state index in [9.17, 15) is 18.0 Å². The maximum atomic E-state index is 12.3. The van der Waals surface area contributed by atoms with Gasteiger partial charge in [-0.3, -0.25) is 4.79 Å². The van der Waals surface area contributed by atoms with Crippen LogP contribution in [0.3, 0.4) is 0 Å². The van der Waals surface area contributed by atoms with Crippen LogP contribution in [0.15, 0.2) is 47.4 Å². The molecule has 9 heteroatoms. The highest BCUT2D eigenvalue weighted by atomic mass is 32.2. The van der Waals surface area contributed by atoms with Crippen molar-refractivity contribution in [3.8, 4) is 5.75 Å². The van der Waals surface area contributed by atoms with Gasteiger partial charge in [-0.1, -0.05) is 0 Å². The van der Waals surface area contributed by atoms with Crippen molar-refractivity contribution in [3.05, 3.63) is 53.6 Å². The molecule has 0 spiro atoms. The van der Waals surface area contributed by atoms with Gasteiger partial charge in [0.2, 0.25) is 10.0 Å². The molecular weight excluding hydrogens is 360 g/mol. The van der Waals surface area contributed by atoms with Gasteiger partial charge in [-0.2, -0.15) is 0 Å². The van der Waals surface area contributed by atoms with Crippen LogP contribution in [0.2, 0.25) is 0 Å². The molecular formula is C17H18N2O6S.